The molecule has 0 atom stereocenters. The largest absolute Gasteiger partial charge is 0.496 e. The Bertz CT molecular complexity index is 816. The molecular weight excluding hydrogens is 404 g/mol. The third kappa shape index (κ3) is 4.19. The molecule has 0 aliphatic carbocycles. The summed E-state index contributed by atoms with van der Waals surface area (Å²) in [4.78, 5) is 24.1. The van der Waals surface area contributed by atoms with Crippen LogP contribution in [-0.2, 0) is 27.9 Å². The van der Waals surface area contributed by atoms with Gasteiger partial charge in [0, 0.05) is 12.4 Å². The molecule has 0 bridgehead atoms. The summed E-state index contributed by atoms with van der Waals surface area (Å²) in [5, 5.41) is 2.56. The van der Waals surface area contributed by atoms with Crippen LogP contribution in [-0.4, -0.2) is 43.4 Å². The molecule has 7 nitrogen and oxygen atoms in total. The first kappa shape index (κ1) is 20.3. The number of methoxy groups -OCH3 is 1. The SMILES string of the molecule is CCOC(=O)C[NH2+]Cc1c(C(=O)OCC)c2cc(OC)c(Br)cc2n1C. The van der Waals surface area contributed by atoms with Crippen molar-refractivity contribution in [2.45, 2.75) is 20.4 Å². The highest BCUT2D eigenvalue weighted by atomic mass is 79.9. The van der Waals surface area contributed by atoms with Crippen LogP contribution in [0.5, 0.6) is 5.75 Å². The second-order valence-electron chi connectivity index (χ2n) is 5.61. The number of halogens is 1. The van der Waals surface area contributed by atoms with Crippen molar-refractivity contribution in [3.63, 3.8) is 0 Å². The summed E-state index contributed by atoms with van der Waals surface area (Å²) in [6.45, 7) is 4.80. The normalized spacial score (nSPS) is 10.8. The lowest BCUT2D eigenvalue weighted by Crippen LogP contribution is -2.84. The van der Waals surface area contributed by atoms with Gasteiger partial charge in [-0.1, -0.05) is 0 Å². The van der Waals surface area contributed by atoms with Gasteiger partial charge in [-0.3, -0.25) is 0 Å². The Morgan fingerprint density at radius 1 is 1.19 bits per heavy atom. The van der Waals surface area contributed by atoms with Crippen LogP contribution in [0, 0.1) is 0 Å². The second kappa shape index (κ2) is 9.05. The van der Waals surface area contributed by atoms with Gasteiger partial charge in [-0.05, 0) is 41.9 Å². The molecule has 0 saturated heterocycles. The number of aryl methyl sites for hydroxylation is 1. The number of ether oxygens (including phenoxy) is 3. The number of quaternary nitrogens is 1. The van der Waals surface area contributed by atoms with Gasteiger partial charge in [-0.25, -0.2) is 9.59 Å². The number of carbonyl (C=O) groups is 2. The zero-order valence-electron chi connectivity index (χ0n) is 15.4. The Morgan fingerprint density at radius 2 is 1.88 bits per heavy atom. The molecule has 1 aromatic heterocycles. The lowest BCUT2D eigenvalue weighted by atomic mass is 10.1. The first-order valence-corrected chi connectivity index (χ1v) is 9.23. The van der Waals surface area contributed by atoms with Crippen LogP contribution in [0.25, 0.3) is 10.9 Å². The minimum absolute atomic E-state index is 0.185. The van der Waals surface area contributed by atoms with E-state index in [4.69, 9.17) is 14.2 Å². The molecule has 26 heavy (non-hydrogen) atoms. The maximum absolute atomic E-state index is 12.6. The molecule has 2 aromatic rings. The van der Waals surface area contributed by atoms with Crippen LogP contribution in [0.3, 0.4) is 0 Å². The topological polar surface area (TPSA) is 83.4 Å². The minimum atomic E-state index is -0.387. The summed E-state index contributed by atoms with van der Waals surface area (Å²) in [7, 11) is 3.46. The Morgan fingerprint density at radius 3 is 2.50 bits per heavy atom. The molecule has 0 radical (unpaired) electrons. The number of fused-ring (bicyclic) bond motifs is 1. The number of hydrogen-bond donors (Lipinski definition) is 1. The van der Waals surface area contributed by atoms with Crippen LogP contribution >= 0.6 is 15.9 Å². The van der Waals surface area contributed by atoms with E-state index in [2.05, 4.69) is 15.9 Å². The number of nitrogens with zero attached hydrogens (tertiary/aromatic N) is 1. The Kier molecular flexibility index (Phi) is 7.05. The molecule has 1 aromatic carbocycles. The second-order valence-corrected chi connectivity index (χ2v) is 6.46. The number of carbonyl (C=O) groups excluding carboxylic acids is 2. The number of aromatic nitrogens is 1. The molecule has 0 unspecified atom stereocenters. The van der Waals surface area contributed by atoms with E-state index in [1.165, 1.54) is 0 Å². The van der Waals surface area contributed by atoms with Crippen LogP contribution in [0.15, 0.2) is 16.6 Å². The van der Waals surface area contributed by atoms with E-state index >= 15 is 0 Å². The van der Waals surface area contributed by atoms with Gasteiger partial charge in [0.15, 0.2) is 6.54 Å². The molecule has 2 N–H and O–H groups in total. The van der Waals surface area contributed by atoms with Crippen LogP contribution in [0.4, 0.5) is 0 Å². The van der Waals surface area contributed by atoms with Crippen LogP contribution in [0.1, 0.15) is 29.9 Å². The first-order chi connectivity index (χ1) is 12.4. The molecule has 8 heteroatoms. The summed E-state index contributed by atoms with van der Waals surface area (Å²) < 4.78 is 18.3. The van der Waals surface area contributed by atoms with Gasteiger partial charge in [0.2, 0.25) is 0 Å². The van der Waals surface area contributed by atoms with Crippen molar-refractivity contribution in [2.75, 3.05) is 26.9 Å². The van der Waals surface area contributed by atoms with Crippen LogP contribution in [0.2, 0.25) is 0 Å². The highest BCUT2D eigenvalue weighted by molar-refractivity contribution is 9.10. The molecule has 0 aliphatic heterocycles. The minimum Gasteiger partial charge on any atom is -0.496 e. The van der Waals surface area contributed by atoms with Gasteiger partial charge >= 0.3 is 11.9 Å². The van der Waals surface area contributed by atoms with E-state index in [-0.39, 0.29) is 25.1 Å². The van der Waals surface area contributed by atoms with Crippen molar-refractivity contribution in [2.24, 2.45) is 7.05 Å². The highest BCUT2D eigenvalue weighted by Gasteiger charge is 2.24. The Balaban J connectivity index is 2.46. The standard InChI is InChI=1S/C18H23BrN2O5/c1-5-25-16(22)10-20-9-14-17(18(23)26-6-2)11-7-15(24-4)12(19)8-13(11)21(14)3/h7-8,20H,5-6,9-10H2,1-4H3/p+1. The molecule has 0 saturated carbocycles. The van der Waals surface area contributed by atoms with Crippen molar-refractivity contribution in [1.29, 1.82) is 0 Å². The molecule has 0 spiro atoms. The molecular formula is C18H24BrN2O5+. The quantitative estimate of drug-likeness (QED) is 0.648. The third-order valence-corrected chi connectivity index (χ3v) is 4.65. The molecule has 1 heterocycles. The van der Waals surface area contributed by atoms with Gasteiger partial charge < -0.3 is 24.1 Å². The van der Waals surface area contributed by atoms with Crippen molar-refractivity contribution >= 4 is 38.8 Å². The number of rotatable bonds is 8. The summed E-state index contributed by atoms with van der Waals surface area (Å²) >= 11 is 3.48. The van der Waals surface area contributed by atoms with E-state index in [0.29, 0.717) is 24.5 Å². The highest BCUT2D eigenvalue weighted by Crippen LogP contribution is 2.34. The van der Waals surface area contributed by atoms with E-state index < -0.39 is 0 Å². The molecule has 0 fully saturated rings. The molecule has 142 valence electrons. The lowest BCUT2D eigenvalue weighted by molar-refractivity contribution is -0.662. The van der Waals surface area contributed by atoms with E-state index in [1.807, 2.05) is 23.7 Å². The van der Waals surface area contributed by atoms with E-state index in [0.717, 1.165) is 21.1 Å². The monoisotopic (exact) mass is 427 g/mol. The van der Waals surface area contributed by atoms with Gasteiger partial charge in [0.05, 0.1) is 41.6 Å². The van der Waals surface area contributed by atoms with E-state index in [1.54, 1.807) is 26.3 Å². The Hall–Kier alpha value is -2.06. The van der Waals surface area contributed by atoms with Crippen molar-refractivity contribution < 1.29 is 29.1 Å². The zero-order valence-corrected chi connectivity index (χ0v) is 17.0. The maximum Gasteiger partial charge on any atom is 0.361 e. The van der Waals surface area contributed by atoms with Gasteiger partial charge in [0.25, 0.3) is 0 Å². The number of esters is 2. The first-order valence-electron chi connectivity index (χ1n) is 8.43. The molecule has 2 rings (SSSR count). The van der Waals surface area contributed by atoms with E-state index in [9.17, 15) is 9.59 Å². The maximum atomic E-state index is 12.6. The van der Waals surface area contributed by atoms with Gasteiger partial charge in [0.1, 0.15) is 12.3 Å². The summed E-state index contributed by atoms with van der Waals surface area (Å²) in [6.07, 6.45) is 0. The lowest BCUT2D eigenvalue weighted by Gasteiger charge is -2.07. The zero-order chi connectivity index (χ0) is 19.3. The number of hydrogen-bond acceptors (Lipinski definition) is 5. The fraction of sp³-hybridized carbons (Fsp3) is 0.444. The average Bonchev–Trinajstić information content (AvgIpc) is 2.86. The molecule has 0 aliphatic rings. The number of benzene rings is 1. The summed E-state index contributed by atoms with van der Waals surface area (Å²) in [6, 6.07) is 3.73. The third-order valence-electron chi connectivity index (χ3n) is 4.03. The van der Waals surface area contributed by atoms with Crippen molar-refractivity contribution in [3.8, 4) is 5.75 Å². The smallest absolute Gasteiger partial charge is 0.361 e. The van der Waals surface area contributed by atoms with Crippen molar-refractivity contribution in [3.05, 3.63) is 27.9 Å². The number of nitrogens with two attached hydrogens (primary N) is 1. The Labute approximate surface area is 160 Å². The average molecular weight is 428 g/mol. The van der Waals surface area contributed by atoms with Gasteiger partial charge in [-0.2, -0.15) is 0 Å². The fourth-order valence-corrected chi connectivity index (χ4v) is 3.36. The predicted octanol–water partition coefficient (Wildman–Crippen LogP) is 1.75. The fourth-order valence-electron chi connectivity index (χ4n) is 2.86. The van der Waals surface area contributed by atoms with Crippen molar-refractivity contribution in [1.82, 2.24) is 4.57 Å². The van der Waals surface area contributed by atoms with Crippen LogP contribution < -0.4 is 10.1 Å². The van der Waals surface area contributed by atoms with Gasteiger partial charge in [-0.15, -0.1) is 0 Å². The summed E-state index contributed by atoms with van der Waals surface area (Å²) in [5.74, 6) is -0.0360. The predicted molar refractivity (Wildman–Crippen MR) is 100 cm³/mol. The summed E-state index contributed by atoms with van der Waals surface area (Å²) in [5.41, 5.74) is 2.15. The molecule has 0 amide bonds.